The first-order valence-electron chi connectivity index (χ1n) is 7.24. The SMILES string of the molecule is O=c1[nH]c(CCN2CCCC(O)C2)cc2ccccc12. The Balaban J connectivity index is 1.73. The molecule has 1 aromatic carbocycles. The van der Waals surface area contributed by atoms with Gasteiger partial charge in [-0.3, -0.25) is 4.79 Å². The average molecular weight is 272 g/mol. The summed E-state index contributed by atoms with van der Waals surface area (Å²) in [5, 5.41) is 11.4. The first kappa shape index (κ1) is 13.3. The van der Waals surface area contributed by atoms with Gasteiger partial charge in [-0.05, 0) is 36.9 Å². The van der Waals surface area contributed by atoms with Crippen molar-refractivity contribution in [1.82, 2.24) is 9.88 Å². The van der Waals surface area contributed by atoms with E-state index in [0.717, 1.165) is 55.4 Å². The molecule has 1 fully saturated rings. The van der Waals surface area contributed by atoms with Gasteiger partial charge in [-0.25, -0.2) is 0 Å². The number of aliphatic hydroxyl groups excluding tert-OH is 1. The minimum absolute atomic E-state index is 0.0169. The fourth-order valence-corrected chi connectivity index (χ4v) is 2.91. The highest BCUT2D eigenvalue weighted by Crippen LogP contribution is 2.12. The van der Waals surface area contributed by atoms with E-state index in [0.29, 0.717) is 0 Å². The summed E-state index contributed by atoms with van der Waals surface area (Å²) in [7, 11) is 0. The third-order valence-corrected chi connectivity index (χ3v) is 3.99. The zero-order chi connectivity index (χ0) is 13.9. The van der Waals surface area contributed by atoms with Gasteiger partial charge < -0.3 is 15.0 Å². The summed E-state index contributed by atoms with van der Waals surface area (Å²) in [5.41, 5.74) is 0.950. The van der Waals surface area contributed by atoms with Gasteiger partial charge in [0.1, 0.15) is 0 Å². The van der Waals surface area contributed by atoms with Gasteiger partial charge in [-0.1, -0.05) is 18.2 Å². The lowest BCUT2D eigenvalue weighted by Crippen LogP contribution is -2.39. The molecule has 4 nitrogen and oxygen atoms in total. The van der Waals surface area contributed by atoms with Crippen molar-refractivity contribution in [2.75, 3.05) is 19.6 Å². The lowest BCUT2D eigenvalue weighted by Gasteiger charge is -2.29. The summed E-state index contributed by atoms with van der Waals surface area (Å²) in [5.74, 6) is 0. The number of nitrogens with one attached hydrogen (secondary N) is 1. The molecule has 106 valence electrons. The highest BCUT2D eigenvalue weighted by molar-refractivity contribution is 5.81. The molecule has 0 spiro atoms. The van der Waals surface area contributed by atoms with Gasteiger partial charge in [0.25, 0.3) is 5.56 Å². The molecule has 1 unspecified atom stereocenters. The van der Waals surface area contributed by atoms with E-state index < -0.39 is 0 Å². The van der Waals surface area contributed by atoms with Crippen LogP contribution in [0.3, 0.4) is 0 Å². The van der Waals surface area contributed by atoms with Gasteiger partial charge in [-0.15, -0.1) is 0 Å². The number of benzene rings is 1. The van der Waals surface area contributed by atoms with Crippen molar-refractivity contribution in [2.24, 2.45) is 0 Å². The standard InChI is InChI=1S/C16H20N2O2/c19-14-5-3-8-18(11-14)9-7-13-10-12-4-1-2-6-15(12)16(20)17-13/h1-2,4,6,10,14,19H,3,5,7-9,11H2,(H,17,20). The molecule has 1 aliphatic rings. The Morgan fingerprint density at radius 1 is 1.35 bits per heavy atom. The van der Waals surface area contributed by atoms with E-state index in [4.69, 9.17) is 0 Å². The predicted octanol–water partition coefficient (Wildman–Crippen LogP) is 1.53. The van der Waals surface area contributed by atoms with Crippen LogP contribution in [0.4, 0.5) is 0 Å². The Kier molecular flexibility index (Phi) is 3.85. The van der Waals surface area contributed by atoms with Crippen LogP contribution in [0.5, 0.6) is 0 Å². The van der Waals surface area contributed by atoms with Crippen LogP contribution >= 0.6 is 0 Å². The molecule has 3 rings (SSSR count). The molecule has 2 heterocycles. The number of likely N-dealkylation sites (tertiary alicyclic amines) is 1. The second-order valence-corrected chi connectivity index (χ2v) is 5.56. The number of nitrogens with zero attached hydrogens (tertiary/aromatic N) is 1. The van der Waals surface area contributed by atoms with Crippen molar-refractivity contribution in [3.63, 3.8) is 0 Å². The summed E-state index contributed by atoms with van der Waals surface area (Å²) in [4.78, 5) is 17.2. The number of aromatic nitrogens is 1. The molecule has 0 bridgehead atoms. The number of fused-ring (bicyclic) bond motifs is 1. The Hall–Kier alpha value is -1.65. The van der Waals surface area contributed by atoms with Crippen molar-refractivity contribution >= 4 is 10.8 Å². The maximum atomic E-state index is 12.0. The van der Waals surface area contributed by atoms with Crippen LogP contribution in [-0.4, -0.2) is 40.7 Å². The van der Waals surface area contributed by atoms with Crippen LogP contribution < -0.4 is 5.56 Å². The Morgan fingerprint density at radius 3 is 3.05 bits per heavy atom. The molecule has 0 radical (unpaired) electrons. The average Bonchev–Trinajstić information content (AvgIpc) is 2.45. The fraction of sp³-hybridized carbons (Fsp3) is 0.438. The largest absolute Gasteiger partial charge is 0.392 e. The third-order valence-electron chi connectivity index (χ3n) is 3.99. The van der Waals surface area contributed by atoms with Crippen LogP contribution in [-0.2, 0) is 6.42 Å². The lowest BCUT2D eigenvalue weighted by atomic mass is 10.1. The first-order valence-corrected chi connectivity index (χ1v) is 7.24. The smallest absolute Gasteiger partial charge is 0.256 e. The number of piperidine rings is 1. The maximum Gasteiger partial charge on any atom is 0.256 e. The van der Waals surface area contributed by atoms with Crippen molar-refractivity contribution < 1.29 is 5.11 Å². The molecule has 1 saturated heterocycles. The summed E-state index contributed by atoms with van der Waals surface area (Å²) in [6.07, 6.45) is 2.57. The molecule has 4 heteroatoms. The first-order chi connectivity index (χ1) is 9.72. The number of aromatic amines is 1. The van der Waals surface area contributed by atoms with E-state index >= 15 is 0 Å². The molecule has 0 amide bonds. The van der Waals surface area contributed by atoms with Crippen molar-refractivity contribution in [3.05, 3.63) is 46.4 Å². The molecule has 20 heavy (non-hydrogen) atoms. The van der Waals surface area contributed by atoms with Crippen LogP contribution in [0.15, 0.2) is 35.1 Å². The molecular formula is C16H20N2O2. The van der Waals surface area contributed by atoms with E-state index in [2.05, 4.69) is 16.0 Å². The molecule has 2 aromatic rings. The van der Waals surface area contributed by atoms with E-state index in [1.54, 1.807) is 0 Å². The minimum atomic E-state index is -0.195. The van der Waals surface area contributed by atoms with Gasteiger partial charge in [-0.2, -0.15) is 0 Å². The molecule has 2 N–H and O–H groups in total. The van der Waals surface area contributed by atoms with Gasteiger partial charge in [0.05, 0.1) is 6.10 Å². The van der Waals surface area contributed by atoms with E-state index in [9.17, 15) is 9.90 Å². The molecule has 0 saturated carbocycles. The van der Waals surface area contributed by atoms with Gasteiger partial charge >= 0.3 is 0 Å². The number of hydrogen-bond acceptors (Lipinski definition) is 3. The molecule has 1 atom stereocenters. The molecular weight excluding hydrogens is 252 g/mol. The second kappa shape index (κ2) is 5.77. The molecule has 0 aliphatic carbocycles. The Labute approximate surface area is 118 Å². The number of rotatable bonds is 3. The summed E-state index contributed by atoms with van der Waals surface area (Å²) in [6, 6.07) is 9.70. The highest BCUT2D eigenvalue weighted by atomic mass is 16.3. The highest BCUT2D eigenvalue weighted by Gasteiger charge is 2.17. The summed E-state index contributed by atoms with van der Waals surface area (Å²) >= 11 is 0. The Morgan fingerprint density at radius 2 is 2.20 bits per heavy atom. The van der Waals surface area contributed by atoms with Crippen molar-refractivity contribution in [2.45, 2.75) is 25.4 Å². The topological polar surface area (TPSA) is 56.3 Å². The van der Waals surface area contributed by atoms with E-state index in [1.165, 1.54) is 0 Å². The van der Waals surface area contributed by atoms with Crippen molar-refractivity contribution in [1.29, 1.82) is 0 Å². The number of pyridine rings is 1. The zero-order valence-electron chi connectivity index (χ0n) is 11.5. The van der Waals surface area contributed by atoms with E-state index in [-0.39, 0.29) is 11.7 Å². The fourth-order valence-electron chi connectivity index (χ4n) is 2.91. The van der Waals surface area contributed by atoms with Crippen LogP contribution in [0.2, 0.25) is 0 Å². The summed E-state index contributed by atoms with van der Waals surface area (Å²) < 4.78 is 0. The quantitative estimate of drug-likeness (QED) is 0.891. The summed E-state index contributed by atoms with van der Waals surface area (Å²) in [6.45, 7) is 2.66. The van der Waals surface area contributed by atoms with Gasteiger partial charge in [0.15, 0.2) is 0 Å². The van der Waals surface area contributed by atoms with Gasteiger partial charge in [0, 0.05) is 30.6 Å². The van der Waals surface area contributed by atoms with Crippen molar-refractivity contribution in [3.8, 4) is 0 Å². The number of β-amino-alcohol motifs (C(OH)–C–C–N with tert-alkyl or cyclic N) is 1. The second-order valence-electron chi connectivity index (χ2n) is 5.56. The number of H-pyrrole nitrogens is 1. The lowest BCUT2D eigenvalue weighted by molar-refractivity contribution is 0.0712. The maximum absolute atomic E-state index is 12.0. The van der Waals surface area contributed by atoms with Crippen LogP contribution in [0.25, 0.3) is 10.8 Å². The zero-order valence-corrected chi connectivity index (χ0v) is 11.5. The predicted molar refractivity (Wildman–Crippen MR) is 80.0 cm³/mol. The molecule has 1 aromatic heterocycles. The third kappa shape index (κ3) is 2.92. The van der Waals surface area contributed by atoms with Gasteiger partial charge in [0.2, 0.25) is 0 Å². The molecule has 1 aliphatic heterocycles. The Bertz CT molecular complexity index is 650. The number of hydrogen-bond donors (Lipinski definition) is 2. The van der Waals surface area contributed by atoms with Crippen LogP contribution in [0, 0.1) is 0 Å². The normalized spacial score (nSPS) is 20.4. The van der Waals surface area contributed by atoms with E-state index in [1.807, 2.05) is 24.3 Å². The monoisotopic (exact) mass is 272 g/mol. The van der Waals surface area contributed by atoms with Crippen LogP contribution in [0.1, 0.15) is 18.5 Å². The minimum Gasteiger partial charge on any atom is -0.392 e. The number of aliphatic hydroxyl groups is 1.